The van der Waals surface area contributed by atoms with Crippen LogP contribution in [0.25, 0.3) is 0 Å². The molecule has 0 aliphatic carbocycles. The van der Waals surface area contributed by atoms with Gasteiger partial charge in [0.15, 0.2) is 6.10 Å². The van der Waals surface area contributed by atoms with Crippen LogP contribution in [0.2, 0.25) is 0 Å². The van der Waals surface area contributed by atoms with Gasteiger partial charge in [0.25, 0.3) is 5.91 Å². The van der Waals surface area contributed by atoms with Crippen molar-refractivity contribution in [1.82, 2.24) is 5.32 Å². The second kappa shape index (κ2) is 5.51. The Morgan fingerprint density at radius 1 is 1.33 bits per heavy atom. The van der Waals surface area contributed by atoms with E-state index in [1.807, 2.05) is 19.9 Å². The summed E-state index contributed by atoms with van der Waals surface area (Å²) in [5, 5.41) is 12.4. The summed E-state index contributed by atoms with van der Waals surface area (Å²) in [6.07, 6.45) is -1.06. The SMILES string of the molecule is CC(C)CNC(=O)[C@@H](O)c1ccccc1. The zero-order chi connectivity index (χ0) is 11.3. The number of amides is 1. The van der Waals surface area contributed by atoms with Crippen molar-refractivity contribution in [3.63, 3.8) is 0 Å². The summed E-state index contributed by atoms with van der Waals surface area (Å²) in [6.45, 7) is 4.60. The predicted molar refractivity (Wildman–Crippen MR) is 59.2 cm³/mol. The maximum atomic E-state index is 11.5. The highest BCUT2D eigenvalue weighted by molar-refractivity contribution is 5.81. The second-order valence-corrected chi connectivity index (χ2v) is 3.95. The predicted octanol–water partition coefficient (Wildman–Crippen LogP) is 1.49. The number of rotatable bonds is 4. The van der Waals surface area contributed by atoms with Gasteiger partial charge in [-0.1, -0.05) is 44.2 Å². The van der Waals surface area contributed by atoms with Crippen molar-refractivity contribution < 1.29 is 9.90 Å². The van der Waals surface area contributed by atoms with Gasteiger partial charge in [0, 0.05) is 6.54 Å². The summed E-state index contributed by atoms with van der Waals surface area (Å²) in [4.78, 5) is 11.5. The topological polar surface area (TPSA) is 49.3 Å². The number of hydrogen-bond donors (Lipinski definition) is 2. The molecule has 0 saturated heterocycles. The lowest BCUT2D eigenvalue weighted by atomic mass is 10.1. The molecule has 0 bridgehead atoms. The largest absolute Gasteiger partial charge is 0.378 e. The van der Waals surface area contributed by atoms with Crippen LogP contribution in [0, 0.1) is 5.92 Å². The Morgan fingerprint density at radius 3 is 2.47 bits per heavy atom. The minimum absolute atomic E-state index is 0.338. The van der Waals surface area contributed by atoms with E-state index in [0.717, 1.165) is 0 Å². The molecule has 1 aromatic carbocycles. The van der Waals surface area contributed by atoms with Crippen LogP contribution in [0.3, 0.4) is 0 Å². The first-order valence-corrected chi connectivity index (χ1v) is 5.12. The molecule has 1 amide bonds. The van der Waals surface area contributed by atoms with Gasteiger partial charge in [-0.25, -0.2) is 0 Å². The minimum Gasteiger partial charge on any atom is -0.378 e. The normalized spacial score (nSPS) is 12.5. The number of aliphatic hydroxyl groups excluding tert-OH is 1. The fourth-order valence-electron chi connectivity index (χ4n) is 1.19. The van der Waals surface area contributed by atoms with Crippen LogP contribution in [0.1, 0.15) is 25.5 Å². The summed E-state index contributed by atoms with van der Waals surface area (Å²) in [6, 6.07) is 8.92. The van der Waals surface area contributed by atoms with E-state index < -0.39 is 6.10 Å². The number of hydrogen-bond acceptors (Lipinski definition) is 2. The Hall–Kier alpha value is -1.35. The van der Waals surface area contributed by atoms with Gasteiger partial charge in [-0.2, -0.15) is 0 Å². The molecule has 3 nitrogen and oxygen atoms in total. The third-order valence-corrected chi connectivity index (χ3v) is 2.05. The first-order valence-electron chi connectivity index (χ1n) is 5.12. The average molecular weight is 207 g/mol. The Bertz CT molecular complexity index is 309. The molecule has 15 heavy (non-hydrogen) atoms. The molecule has 0 fully saturated rings. The standard InChI is InChI=1S/C12H17NO2/c1-9(2)8-13-12(15)11(14)10-6-4-3-5-7-10/h3-7,9,11,14H,8H2,1-2H3,(H,13,15)/t11-/m0/s1. The van der Waals surface area contributed by atoms with Crippen LogP contribution < -0.4 is 5.32 Å². The molecule has 0 unspecified atom stereocenters. The van der Waals surface area contributed by atoms with Crippen LogP contribution in [0.15, 0.2) is 30.3 Å². The minimum atomic E-state index is -1.06. The summed E-state index contributed by atoms with van der Waals surface area (Å²) >= 11 is 0. The van der Waals surface area contributed by atoms with E-state index in [1.165, 1.54) is 0 Å². The zero-order valence-electron chi connectivity index (χ0n) is 9.10. The van der Waals surface area contributed by atoms with E-state index in [0.29, 0.717) is 18.0 Å². The Morgan fingerprint density at radius 2 is 1.93 bits per heavy atom. The maximum Gasteiger partial charge on any atom is 0.253 e. The lowest BCUT2D eigenvalue weighted by molar-refractivity contribution is -0.129. The molecule has 0 heterocycles. The van der Waals surface area contributed by atoms with Crippen LogP contribution in [-0.2, 0) is 4.79 Å². The van der Waals surface area contributed by atoms with Gasteiger partial charge in [-0.3, -0.25) is 4.79 Å². The molecule has 0 spiro atoms. The molecule has 1 rings (SSSR count). The van der Waals surface area contributed by atoms with Crippen LogP contribution in [0.5, 0.6) is 0 Å². The summed E-state index contributed by atoms with van der Waals surface area (Å²) < 4.78 is 0. The molecule has 1 atom stereocenters. The van der Waals surface area contributed by atoms with E-state index in [-0.39, 0.29) is 5.91 Å². The van der Waals surface area contributed by atoms with E-state index in [1.54, 1.807) is 24.3 Å². The third-order valence-electron chi connectivity index (χ3n) is 2.05. The Balaban J connectivity index is 2.54. The van der Waals surface area contributed by atoms with Gasteiger partial charge in [0.1, 0.15) is 0 Å². The summed E-state index contributed by atoms with van der Waals surface area (Å²) in [5.41, 5.74) is 0.624. The Kier molecular flexibility index (Phi) is 4.31. The molecule has 0 radical (unpaired) electrons. The fraction of sp³-hybridized carbons (Fsp3) is 0.417. The lowest BCUT2D eigenvalue weighted by Gasteiger charge is -2.12. The number of carbonyl (C=O) groups excluding carboxylic acids is 1. The van der Waals surface area contributed by atoms with Crippen molar-refractivity contribution >= 4 is 5.91 Å². The molecule has 3 heteroatoms. The van der Waals surface area contributed by atoms with Crippen molar-refractivity contribution in [2.75, 3.05) is 6.54 Å². The average Bonchev–Trinajstić information content (AvgIpc) is 2.26. The lowest BCUT2D eigenvalue weighted by Crippen LogP contribution is -2.32. The smallest absolute Gasteiger partial charge is 0.253 e. The van der Waals surface area contributed by atoms with Crippen LogP contribution in [0.4, 0.5) is 0 Å². The van der Waals surface area contributed by atoms with E-state index >= 15 is 0 Å². The van der Waals surface area contributed by atoms with Gasteiger partial charge < -0.3 is 10.4 Å². The number of benzene rings is 1. The van der Waals surface area contributed by atoms with Gasteiger partial charge in [0.05, 0.1) is 0 Å². The summed E-state index contributed by atoms with van der Waals surface area (Å²) in [5.74, 6) is 0.0480. The molecule has 1 aromatic rings. The zero-order valence-corrected chi connectivity index (χ0v) is 9.10. The van der Waals surface area contributed by atoms with Crippen LogP contribution in [-0.4, -0.2) is 17.6 Å². The molecule has 0 aromatic heterocycles. The van der Waals surface area contributed by atoms with Gasteiger partial charge in [0.2, 0.25) is 0 Å². The molecular formula is C12H17NO2. The summed E-state index contributed by atoms with van der Waals surface area (Å²) in [7, 11) is 0. The van der Waals surface area contributed by atoms with E-state index in [2.05, 4.69) is 5.32 Å². The first-order chi connectivity index (χ1) is 7.11. The number of carbonyl (C=O) groups is 1. The maximum absolute atomic E-state index is 11.5. The van der Waals surface area contributed by atoms with Crippen molar-refractivity contribution in [2.45, 2.75) is 20.0 Å². The fourth-order valence-corrected chi connectivity index (χ4v) is 1.19. The van der Waals surface area contributed by atoms with Gasteiger partial charge in [-0.05, 0) is 11.5 Å². The first kappa shape index (κ1) is 11.7. The molecule has 82 valence electrons. The van der Waals surface area contributed by atoms with Gasteiger partial charge >= 0.3 is 0 Å². The van der Waals surface area contributed by atoms with E-state index in [4.69, 9.17) is 0 Å². The third kappa shape index (κ3) is 3.72. The molecule has 2 N–H and O–H groups in total. The number of aliphatic hydroxyl groups is 1. The number of nitrogens with one attached hydrogen (secondary N) is 1. The second-order valence-electron chi connectivity index (χ2n) is 3.95. The molecule has 0 aliphatic rings. The van der Waals surface area contributed by atoms with Gasteiger partial charge in [-0.15, -0.1) is 0 Å². The Labute approximate surface area is 90.1 Å². The molecular weight excluding hydrogens is 190 g/mol. The molecule has 0 aliphatic heterocycles. The highest BCUT2D eigenvalue weighted by Crippen LogP contribution is 2.11. The highest BCUT2D eigenvalue weighted by atomic mass is 16.3. The van der Waals surface area contributed by atoms with E-state index in [9.17, 15) is 9.90 Å². The van der Waals surface area contributed by atoms with Crippen LogP contribution >= 0.6 is 0 Å². The highest BCUT2D eigenvalue weighted by Gasteiger charge is 2.16. The monoisotopic (exact) mass is 207 g/mol. The van der Waals surface area contributed by atoms with Crippen molar-refractivity contribution in [1.29, 1.82) is 0 Å². The quantitative estimate of drug-likeness (QED) is 0.786. The van der Waals surface area contributed by atoms with Crippen molar-refractivity contribution in [3.05, 3.63) is 35.9 Å². The van der Waals surface area contributed by atoms with Crippen molar-refractivity contribution in [2.24, 2.45) is 5.92 Å². The van der Waals surface area contributed by atoms with Crippen molar-refractivity contribution in [3.8, 4) is 0 Å². The molecule has 0 saturated carbocycles.